The van der Waals surface area contributed by atoms with E-state index in [0.717, 1.165) is 30.7 Å². The smallest absolute Gasteiger partial charge is 0.286 e. The molecule has 0 radical (unpaired) electrons. The highest BCUT2D eigenvalue weighted by Gasteiger charge is 2.40. The molecule has 0 saturated carbocycles. The first-order valence-electron chi connectivity index (χ1n) is 7.67. The minimum absolute atomic E-state index is 0.175. The summed E-state index contributed by atoms with van der Waals surface area (Å²) < 4.78 is 11.4. The molecule has 3 nitrogen and oxygen atoms in total. The van der Waals surface area contributed by atoms with Gasteiger partial charge in [-0.3, -0.25) is 0 Å². The van der Waals surface area contributed by atoms with Crippen molar-refractivity contribution < 1.29 is 9.26 Å². The van der Waals surface area contributed by atoms with Gasteiger partial charge in [-0.2, -0.15) is 0 Å². The highest BCUT2D eigenvalue weighted by molar-refractivity contribution is 6.74. The van der Waals surface area contributed by atoms with Gasteiger partial charge in [-0.1, -0.05) is 20.8 Å². The first-order valence-corrected chi connectivity index (χ1v) is 10.6. The molecule has 0 N–H and O–H groups in total. The molecular weight excluding hydrogens is 278 g/mol. The van der Waals surface area contributed by atoms with Crippen molar-refractivity contribution in [2.75, 3.05) is 7.11 Å². The Morgan fingerprint density at radius 2 is 1.86 bits per heavy atom. The molecule has 0 fully saturated rings. The van der Waals surface area contributed by atoms with Gasteiger partial charge < -0.3 is 9.26 Å². The Kier molecular flexibility index (Phi) is 4.47. The van der Waals surface area contributed by atoms with Gasteiger partial charge >= 0.3 is 0 Å². The third kappa shape index (κ3) is 3.49. The van der Waals surface area contributed by atoms with E-state index in [1.165, 1.54) is 11.1 Å². The number of hydrogen-bond acceptors (Lipinski definition) is 3. The lowest BCUT2D eigenvalue weighted by molar-refractivity contribution is 0.306. The van der Waals surface area contributed by atoms with Crippen LogP contribution in [0, 0.1) is 0 Å². The van der Waals surface area contributed by atoms with Gasteiger partial charge in [0.15, 0.2) is 0 Å². The van der Waals surface area contributed by atoms with E-state index >= 15 is 0 Å². The third-order valence-corrected chi connectivity index (χ3v) is 8.83. The van der Waals surface area contributed by atoms with Crippen molar-refractivity contribution >= 4 is 14.0 Å². The van der Waals surface area contributed by atoms with Gasteiger partial charge in [-0.15, -0.1) is 5.16 Å². The van der Waals surface area contributed by atoms with Gasteiger partial charge in [0.2, 0.25) is 0 Å². The lowest BCUT2D eigenvalue weighted by Gasteiger charge is -2.33. The maximum atomic E-state index is 6.04. The van der Waals surface area contributed by atoms with Gasteiger partial charge in [0.05, 0.1) is 12.8 Å². The van der Waals surface area contributed by atoms with Crippen molar-refractivity contribution in [2.24, 2.45) is 5.16 Å². The molecule has 1 aromatic carbocycles. The average molecular weight is 305 g/mol. The number of benzene rings is 1. The number of hydrogen-bond donors (Lipinski definition) is 0. The summed E-state index contributed by atoms with van der Waals surface area (Å²) in [4.78, 5) is 0. The maximum Gasteiger partial charge on any atom is 0.286 e. The monoisotopic (exact) mass is 305 g/mol. The van der Waals surface area contributed by atoms with E-state index in [0.29, 0.717) is 0 Å². The molecule has 21 heavy (non-hydrogen) atoms. The van der Waals surface area contributed by atoms with Gasteiger partial charge in [-0.25, -0.2) is 0 Å². The van der Waals surface area contributed by atoms with Crippen LogP contribution in [0.4, 0.5) is 0 Å². The van der Waals surface area contributed by atoms with E-state index in [2.05, 4.69) is 51.2 Å². The van der Waals surface area contributed by atoms with Gasteiger partial charge in [0, 0.05) is 5.56 Å². The van der Waals surface area contributed by atoms with Gasteiger partial charge in [0.25, 0.3) is 8.32 Å². The van der Waals surface area contributed by atoms with Crippen molar-refractivity contribution in [3.8, 4) is 5.75 Å². The van der Waals surface area contributed by atoms with E-state index in [1.54, 1.807) is 7.11 Å². The third-order valence-electron chi connectivity index (χ3n) is 4.67. The molecule has 0 saturated heterocycles. The van der Waals surface area contributed by atoms with Crippen LogP contribution >= 0.6 is 0 Å². The summed E-state index contributed by atoms with van der Waals surface area (Å²) in [5, 5.41) is 4.73. The topological polar surface area (TPSA) is 30.8 Å². The fourth-order valence-electron chi connectivity index (χ4n) is 2.17. The Balaban J connectivity index is 2.26. The molecule has 4 heteroatoms. The van der Waals surface area contributed by atoms with Gasteiger partial charge in [0.1, 0.15) is 5.75 Å². The Hall–Kier alpha value is -1.29. The molecule has 0 amide bonds. The van der Waals surface area contributed by atoms with Crippen molar-refractivity contribution in [2.45, 2.75) is 58.2 Å². The molecule has 2 rings (SSSR count). The first-order chi connectivity index (χ1) is 9.74. The zero-order valence-corrected chi connectivity index (χ0v) is 15.1. The lowest BCUT2D eigenvalue weighted by Crippen LogP contribution is -2.39. The normalized spacial score (nSPS) is 17.5. The number of fused-ring (bicyclic) bond motifs is 1. The molecule has 0 aromatic heterocycles. The molecule has 0 bridgehead atoms. The van der Waals surface area contributed by atoms with E-state index in [9.17, 15) is 0 Å². The summed E-state index contributed by atoms with van der Waals surface area (Å²) in [7, 11) is -0.132. The highest BCUT2D eigenvalue weighted by Crippen LogP contribution is 2.37. The quantitative estimate of drug-likeness (QED) is 0.595. The number of aryl methyl sites for hydroxylation is 1. The summed E-state index contributed by atoms with van der Waals surface area (Å²) in [5.41, 5.74) is 3.63. The maximum absolute atomic E-state index is 6.04. The number of ether oxygens (including phenoxy) is 1. The predicted molar refractivity (Wildman–Crippen MR) is 90.8 cm³/mol. The Bertz CT molecular complexity index is 544. The second-order valence-electron chi connectivity index (χ2n) is 7.27. The summed E-state index contributed by atoms with van der Waals surface area (Å²) >= 11 is 0. The van der Waals surface area contributed by atoms with Crippen LogP contribution < -0.4 is 4.74 Å². The van der Waals surface area contributed by atoms with E-state index in [-0.39, 0.29) is 5.04 Å². The molecule has 0 atom stereocenters. The minimum atomic E-state index is -1.84. The van der Waals surface area contributed by atoms with Crippen molar-refractivity contribution in [3.05, 3.63) is 29.3 Å². The van der Waals surface area contributed by atoms with Crippen LogP contribution in [0.25, 0.3) is 0 Å². The fraction of sp³-hybridized carbons (Fsp3) is 0.588. The molecule has 0 aliphatic heterocycles. The van der Waals surface area contributed by atoms with Crippen LogP contribution in [-0.2, 0) is 10.9 Å². The standard InChI is InChI=1S/C17H27NO2Si/c1-17(2,3)21(5,6)20-18-16-9-7-8-13-12-14(19-4)10-11-15(13)16/h10-12H,7-9H2,1-6H3/b18-16+. The molecule has 0 unspecified atom stereocenters. The number of methoxy groups -OCH3 is 1. The van der Waals surface area contributed by atoms with E-state index in [4.69, 9.17) is 9.26 Å². The van der Waals surface area contributed by atoms with Crippen LogP contribution in [0.3, 0.4) is 0 Å². The molecular formula is C17H27NO2Si. The molecule has 0 heterocycles. The Morgan fingerprint density at radius 1 is 1.14 bits per heavy atom. The van der Waals surface area contributed by atoms with Crippen LogP contribution in [0.2, 0.25) is 18.1 Å². The van der Waals surface area contributed by atoms with Gasteiger partial charge in [-0.05, 0) is 61.2 Å². The lowest BCUT2D eigenvalue weighted by atomic mass is 9.90. The second kappa shape index (κ2) is 5.83. The SMILES string of the molecule is COc1ccc2c(c1)CCC/C2=N\O[Si](C)(C)C(C)(C)C. The van der Waals surface area contributed by atoms with Crippen LogP contribution in [-0.4, -0.2) is 21.1 Å². The molecule has 1 aliphatic rings. The summed E-state index contributed by atoms with van der Waals surface area (Å²) in [5.74, 6) is 0.917. The van der Waals surface area contributed by atoms with Crippen molar-refractivity contribution in [1.82, 2.24) is 0 Å². The van der Waals surface area contributed by atoms with Crippen molar-refractivity contribution in [1.29, 1.82) is 0 Å². The zero-order valence-electron chi connectivity index (χ0n) is 14.1. The fourth-order valence-corrected chi connectivity index (χ4v) is 2.78. The second-order valence-corrected chi connectivity index (χ2v) is 12.0. The molecule has 1 aromatic rings. The average Bonchev–Trinajstić information content (AvgIpc) is 2.43. The zero-order chi connectivity index (χ0) is 15.7. The molecule has 0 spiro atoms. The summed E-state index contributed by atoms with van der Waals surface area (Å²) in [6, 6.07) is 6.24. The minimum Gasteiger partial charge on any atom is -0.497 e. The van der Waals surface area contributed by atoms with Crippen LogP contribution in [0.1, 0.15) is 44.7 Å². The largest absolute Gasteiger partial charge is 0.497 e. The summed E-state index contributed by atoms with van der Waals surface area (Å²) in [6.07, 6.45) is 3.21. The van der Waals surface area contributed by atoms with E-state index < -0.39 is 8.32 Å². The first kappa shape index (κ1) is 16.1. The number of nitrogens with zero attached hydrogens (tertiary/aromatic N) is 1. The Labute approximate surface area is 129 Å². The predicted octanol–water partition coefficient (Wildman–Crippen LogP) is 4.76. The highest BCUT2D eigenvalue weighted by atomic mass is 28.4. The summed E-state index contributed by atoms with van der Waals surface area (Å²) in [6.45, 7) is 11.2. The van der Waals surface area contributed by atoms with E-state index in [1.807, 2.05) is 6.07 Å². The van der Waals surface area contributed by atoms with Crippen LogP contribution in [0.15, 0.2) is 23.4 Å². The molecule has 116 valence electrons. The Morgan fingerprint density at radius 3 is 2.48 bits per heavy atom. The molecule has 1 aliphatic carbocycles. The van der Waals surface area contributed by atoms with Crippen LogP contribution in [0.5, 0.6) is 5.75 Å². The van der Waals surface area contributed by atoms with Crippen molar-refractivity contribution in [3.63, 3.8) is 0 Å². The number of rotatable bonds is 3. The number of oxime groups is 1.